The Morgan fingerprint density at radius 1 is 0.929 bits per heavy atom. The van der Waals surface area contributed by atoms with E-state index in [1.165, 1.54) is 25.0 Å². The summed E-state index contributed by atoms with van der Waals surface area (Å²) in [7, 11) is 0. The van der Waals surface area contributed by atoms with Gasteiger partial charge in [0.25, 0.3) is 5.56 Å². The van der Waals surface area contributed by atoms with Crippen LogP contribution in [0.1, 0.15) is 42.0 Å². The van der Waals surface area contributed by atoms with Crippen LogP contribution >= 0.6 is 0 Å². The molecule has 5 rings (SSSR count). The maximum atomic E-state index is 13.1. The number of hydrogen-bond acceptors (Lipinski definition) is 4. The maximum Gasteiger partial charge on any atom is 0.255 e. The molecule has 3 aliphatic heterocycles. The highest BCUT2D eigenvalue weighted by Crippen LogP contribution is 2.35. The van der Waals surface area contributed by atoms with Crippen LogP contribution in [0.4, 0.5) is 0 Å². The first-order valence-corrected chi connectivity index (χ1v) is 10.5. The quantitative estimate of drug-likeness (QED) is 0.878. The number of nitrogens with one attached hydrogen (secondary N) is 1. The number of H-pyrrole nitrogens is 1. The number of rotatable bonds is 4. The van der Waals surface area contributed by atoms with Gasteiger partial charge in [0.15, 0.2) is 0 Å². The van der Waals surface area contributed by atoms with Crippen molar-refractivity contribution in [1.29, 1.82) is 0 Å². The van der Waals surface area contributed by atoms with Gasteiger partial charge < -0.3 is 9.55 Å². The van der Waals surface area contributed by atoms with Gasteiger partial charge >= 0.3 is 0 Å². The maximum absolute atomic E-state index is 13.1. The lowest BCUT2D eigenvalue weighted by Gasteiger charge is -2.43. The molecule has 5 heterocycles. The van der Waals surface area contributed by atoms with E-state index in [0.717, 1.165) is 56.9 Å². The molecule has 1 N–H and O–H groups in total. The number of fused-ring (bicyclic) bond motifs is 4. The van der Waals surface area contributed by atoms with Crippen LogP contribution in [0.3, 0.4) is 0 Å². The largest absolute Gasteiger partial charge is 0.329 e. The van der Waals surface area contributed by atoms with Crippen LogP contribution in [0.15, 0.2) is 40.1 Å². The molecule has 2 atom stereocenters. The second-order valence-corrected chi connectivity index (χ2v) is 8.74. The van der Waals surface area contributed by atoms with Crippen molar-refractivity contribution in [3.63, 3.8) is 0 Å². The second-order valence-electron chi connectivity index (χ2n) is 8.74. The predicted molar refractivity (Wildman–Crippen MR) is 108 cm³/mol. The molecule has 6 heteroatoms. The zero-order chi connectivity index (χ0) is 19.1. The van der Waals surface area contributed by atoms with Crippen molar-refractivity contribution in [3.8, 4) is 0 Å². The molecule has 2 aromatic heterocycles. The standard InChI is InChI=1S/C22H28N4O2/c27-21-6-3-16(10-23-21)11-25-12-17-9-19(15-25)20-5-4-18(22(28)26(20)13-17)14-24-7-1-2-8-24/h3-6,10,17,19H,1-2,7-9,11-15H2,(H,23,27)/t17-,19+/m0/s1. The molecule has 0 radical (unpaired) electrons. The summed E-state index contributed by atoms with van der Waals surface area (Å²) in [5.41, 5.74) is 3.47. The van der Waals surface area contributed by atoms with E-state index < -0.39 is 0 Å². The molecule has 0 saturated carbocycles. The fourth-order valence-corrected chi connectivity index (χ4v) is 5.32. The summed E-state index contributed by atoms with van der Waals surface area (Å²) in [6.07, 6.45) is 5.49. The highest BCUT2D eigenvalue weighted by molar-refractivity contribution is 5.23. The Morgan fingerprint density at radius 2 is 1.79 bits per heavy atom. The van der Waals surface area contributed by atoms with Crippen molar-refractivity contribution < 1.29 is 0 Å². The lowest BCUT2D eigenvalue weighted by atomic mass is 9.83. The number of hydrogen-bond donors (Lipinski definition) is 1. The van der Waals surface area contributed by atoms with Gasteiger partial charge in [-0.25, -0.2) is 0 Å². The summed E-state index contributed by atoms with van der Waals surface area (Å²) in [6.45, 7) is 6.70. The van der Waals surface area contributed by atoms with Crippen LogP contribution in [0.2, 0.25) is 0 Å². The van der Waals surface area contributed by atoms with Gasteiger partial charge in [0, 0.05) is 62.2 Å². The molecule has 3 aliphatic rings. The first kappa shape index (κ1) is 17.9. The minimum Gasteiger partial charge on any atom is -0.329 e. The molecule has 0 amide bonds. The Labute approximate surface area is 164 Å². The normalized spacial score (nSPS) is 25.0. The average molecular weight is 380 g/mol. The van der Waals surface area contributed by atoms with E-state index in [9.17, 15) is 9.59 Å². The van der Waals surface area contributed by atoms with Gasteiger partial charge in [-0.2, -0.15) is 0 Å². The first-order valence-electron chi connectivity index (χ1n) is 10.5. The van der Waals surface area contributed by atoms with Gasteiger partial charge in [-0.3, -0.25) is 19.4 Å². The van der Waals surface area contributed by atoms with Crippen LogP contribution in [0.25, 0.3) is 0 Å². The number of aromatic nitrogens is 2. The lowest BCUT2D eigenvalue weighted by Crippen LogP contribution is -2.47. The third-order valence-electron chi connectivity index (χ3n) is 6.61. The van der Waals surface area contributed by atoms with Crippen LogP contribution < -0.4 is 11.1 Å². The number of pyridine rings is 2. The van der Waals surface area contributed by atoms with Gasteiger partial charge in [0.05, 0.1) is 0 Å². The molecule has 0 spiro atoms. The van der Waals surface area contributed by atoms with Gasteiger partial charge in [0.1, 0.15) is 0 Å². The number of aromatic amines is 1. The summed E-state index contributed by atoms with van der Waals surface area (Å²) in [6, 6.07) is 7.79. The lowest BCUT2D eigenvalue weighted by molar-refractivity contribution is 0.114. The molecule has 2 aromatic rings. The van der Waals surface area contributed by atoms with Gasteiger partial charge in [-0.1, -0.05) is 12.1 Å². The molecule has 0 aliphatic carbocycles. The highest BCUT2D eigenvalue weighted by atomic mass is 16.1. The van der Waals surface area contributed by atoms with Gasteiger partial charge in [0.2, 0.25) is 5.56 Å². The van der Waals surface area contributed by atoms with E-state index in [1.54, 1.807) is 6.07 Å². The zero-order valence-electron chi connectivity index (χ0n) is 16.3. The van der Waals surface area contributed by atoms with Crippen LogP contribution in [0.5, 0.6) is 0 Å². The second kappa shape index (κ2) is 7.33. The van der Waals surface area contributed by atoms with E-state index in [4.69, 9.17) is 0 Å². The number of piperidine rings is 1. The molecule has 2 bridgehead atoms. The molecule has 0 aromatic carbocycles. The molecule has 2 fully saturated rings. The summed E-state index contributed by atoms with van der Waals surface area (Å²) < 4.78 is 2.07. The molecule has 28 heavy (non-hydrogen) atoms. The molecule has 148 valence electrons. The number of likely N-dealkylation sites (tertiary alicyclic amines) is 2. The fourth-order valence-electron chi connectivity index (χ4n) is 5.32. The van der Waals surface area contributed by atoms with Crippen LogP contribution in [-0.4, -0.2) is 45.5 Å². The summed E-state index contributed by atoms with van der Waals surface area (Å²) in [4.78, 5) is 32.0. The smallest absolute Gasteiger partial charge is 0.255 e. The van der Waals surface area contributed by atoms with E-state index in [-0.39, 0.29) is 11.1 Å². The molecular weight excluding hydrogens is 352 g/mol. The third kappa shape index (κ3) is 3.47. The summed E-state index contributed by atoms with van der Waals surface area (Å²) in [5.74, 6) is 0.942. The van der Waals surface area contributed by atoms with E-state index in [0.29, 0.717) is 11.8 Å². The van der Waals surface area contributed by atoms with Crippen molar-refractivity contribution in [1.82, 2.24) is 19.4 Å². The molecular formula is C22H28N4O2. The van der Waals surface area contributed by atoms with E-state index in [1.807, 2.05) is 12.3 Å². The Morgan fingerprint density at radius 3 is 2.57 bits per heavy atom. The Hall–Kier alpha value is -2.18. The van der Waals surface area contributed by atoms with Gasteiger partial charge in [-0.15, -0.1) is 0 Å². The van der Waals surface area contributed by atoms with E-state index >= 15 is 0 Å². The SMILES string of the molecule is O=c1ccc(CN2C[C@@H]3C[C@H](C2)c2ccc(CN4CCCC4)c(=O)n2C3)c[nH]1. The minimum absolute atomic E-state index is 0.0581. The Balaban J connectivity index is 1.35. The number of nitrogens with zero attached hydrogens (tertiary/aromatic N) is 3. The van der Waals surface area contributed by atoms with Crippen LogP contribution in [0, 0.1) is 5.92 Å². The minimum atomic E-state index is -0.0581. The summed E-state index contributed by atoms with van der Waals surface area (Å²) in [5, 5.41) is 0. The van der Waals surface area contributed by atoms with Crippen molar-refractivity contribution >= 4 is 0 Å². The van der Waals surface area contributed by atoms with Crippen molar-refractivity contribution in [2.75, 3.05) is 26.2 Å². The van der Waals surface area contributed by atoms with Crippen molar-refractivity contribution in [3.05, 3.63) is 68.0 Å². The summed E-state index contributed by atoms with van der Waals surface area (Å²) >= 11 is 0. The third-order valence-corrected chi connectivity index (χ3v) is 6.61. The zero-order valence-corrected chi connectivity index (χ0v) is 16.3. The van der Waals surface area contributed by atoms with Crippen molar-refractivity contribution in [2.24, 2.45) is 5.92 Å². The Bertz CT molecular complexity index is 953. The molecule has 6 nitrogen and oxygen atoms in total. The Kier molecular flexibility index (Phi) is 4.69. The fraction of sp³-hybridized carbons (Fsp3) is 0.545. The first-order chi connectivity index (χ1) is 13.7. The van der Waals surface area contributed by atoms with Crippen molar-refractivity contribution in [2.45, 2.75) is 44.8 Å². The van der Waals surface area contributed by atoms with Gasteiger partial charge in [-0.05, 0) is 49.9 Å². The van der Waals surface area contributed by atoms with E-state index in [2.05, 4.69) is 31.5 Å². The molecule has 0 unspecified atom stereocenters. The highest BCUT2D eigenvalue weighted by Gasteiger charge is 2.35. The predicted octanol–water partition coefficient (Wildman–Crippen LogP) is 1.75. The monoisotopic (exact) mass is 380 g/mol. The average Bonchev–Trinajstić information content (AvgIpc) is 3.19. The molecule has 2 saturated heterocycles. The van der Waals surface area contributed by atoms with Crippen LogP contribution in [-0.2, 0) is 19.6 Å². The topological polar surface area (TPSA) is 61.3 Å².